The summed E-state index contributed by atoms with van der Waals surface area (Å²) in [6.07, 6.45) is 0. The Bertz CT molecular complexity index is 676. The lowest BCUT2D eigenvalue weighted by Crippen LogP contribution is -2.11. The number of anilines is 1. The van der Waals surface area contributed by atoms with Gasteiger partial charge in [-0.1, -0.05) is 6.07 Å². The average molecular weight is 356 g/mol. The number of para-hydroxylation sites is 1. The molecule has 0 aliphatic carbocycles. The second-order valence-electron chi connectivity index (χ2n) is 4.03. The van der Waals surface area contributed by atoms with Crippen LogP contribution in [-0.2, 0) is 0 Å². The number of hydrogen-bond acceptors (Lipinski definition) is 4. The lowest BCUT2D eigenvalue weighted by molar-refractivity contribution is 0.0693. The number of hydrogen-bond donors (Lipinski definition) is 3. The molecule has 0 aliphatic rings. The van der Waals surface area contributed by atoms with E-state index >= 15 is 0 Å². The Balaban J connectivity index is 2.28. The minimum Gasteiger partial charge on any atom is -0.505 e. The van der Waals surface area contributed by atoms with Crippen LogP contribution in [-0.4, -0.2) is 22.1 Å². The molecule has 1 aromatic heterocycles. The van der Waals surface area contributed by atoms with E-state index in [0.29, 0.717) is 4.88 Å². The quantitative estimate of drug-likeness (QED) is 0.735. The van der Waals surface area contributed by atoms with Crippen LogP contribution in [0.25, 0.3) is 0 Å². The highest BCUT2D eigenvalue weighted by molar-refractivity contribution is 9.11. The van der Waals surface area contributed by atoms with Gasteiger partial charge in [-0.2, -0.15) is 0 Å². The molecule has 2 aromatic rings. The van der Waals surface area contributed by atoms with Crippen molar-refractivity contribution in [3.8, 4) is 5.75 Å². The van der Waals surface area contributed by atoms with Crippen molar-refractivity contribution in [2.75, 3.05) is 5.32 Å². The second kappa shape index (κ2) is 5.64. The first-order valence-electron chi connectivity index (χ1n) is 5.52. The van der Waals surface area contributed by atoms with Gasteiger partial charge in [0.1, 0.15) is 5.56 Å². The summed E-state index contributed by atoms with van der Waals surface area (Å²) in [7, 11) is 0. The molecule has 0 saturated carbocycles. The Morgan fingerprint density at radius 1 is 1.35 bits per heavy atom. The molecule has 1 aromatic carbocycles. The Morgan fingerprint density at radius 2 is 2.05 bits per heavy atom. The summed E-state index contributed by atoms with van der Waals surface area (Å²) in [5.41, 5.74) is 0.743. The van der Waals surface area contributed by atoms with Gasteiger partial charge in [-0.15, -0.1) is 11.3 Å². The molecule has 1 heterocycles. The van der Waals surface area contributed by atoms with Gasteiger partial charge < -0.3 is 15.5 Å². The maximum Gasteiger partial charge on any atom is 0.339 e. The number of aromatic carboxylic acids is 1. The van der Waals surface area contributed by atoms with Gasteiger partial charge in [0.2, 0.25) is 0 Å². The predicted octanol–water partition coefficient (Wildman–Crippen LogP) is 3.48. The van der Waals surface area contributed by atoms with Gasteiger partial charge in [0.05, 0.1) is 14.4 Å². The van der Waals surface area contributed by atoms with Crippen molar-refractivity contribution in [1.82, 2.24) is 0 Å². The van der Waals surface area contributed by atoms with Crippen molar-refractivity contribution in [3.05, 3.63) is 44.1 Å². The molecule has 0 bridgehead atoms. The molecule has 0 aliphatic heterocycles. The fourth-order valence-electron chi connectivity index (χ4n) is 1.57. The van der Waals surface area contributed by atoms with E-state index < -0.39 is 17.6 Å². The van der Waals surface area contributed by atoms with E-state index in [1.54, 1.807) is 6.07 Å². The first kappa shape index (κ1) is 14.5. The Hall–Kier alpha value is -1.86. The zero-order chi connectivity index (χ0) is 14.9. The predicted molar refractivity (Wildman–Crippen MR) is 79.8 cm³/mol. The summed E-state index contributed by atoms with van der Waals surface area (Å²) in [6.45, 7) is 1.86. The zero-order valence-electron chi connectivity index (χ0n) is 10.3. The van der Waals surface area contributed by atoms with Gasteiger partial charge in [0, 0.05) is 0 Å². The number of phenols is 1. The van der Waals surface area contributed by atoms with Gasteiger partial charge in [-0.3, -0.25) is 4.79 Å². The highest BCUT2D eigenvalue weighted by atomic mass is 79.9. The van der Waals surface area contributed by atoms with Gasteiger partial charge in [-0.05, 0) is 46.6 Å². The standard InChI is InChI=1S/C13H10BrNO4S/c1-6-5-9(20-11(6)14)12(17)15-8-4-2-3-7(10(8)16)13(18)19/h2-5,16H,1H3,(H,15,17)(H,18,19). The highest BCUT2D eigenvalue weighted by Crippen LogP contribution is 2.30. The number of benzene rings is 1. The molecule has 2 rings (SSSR count). The van der Waals surface area contributed by atoms with Crippen molar-refractivity contribution >= 4 is 44.8 Å². The SMILES string of the molecule is Cc1cc(C(=O)Nc2cccc(C(=O)O)c2O)sc1Br. The number of aryl methyl sites for hydroxylation is 1. The van der Waals surface area contributed by atoms with Crippen molar-refractivity contribution in [3.63, 3.8) is 0 Å². The number of halogens is 1. The summed E-state index contributed by atoms with van der Waals surface area (Å²) in [4.78, 5) is 23.4. The molecule has 0 fully saturated rings. The smallest absolute Gasteiger partial charge is 0.339 e. The summed E-state index contributed by atoms with van der Waals surface area (Å²) >= 11 is 4.59. The number of carboxylic acid groups (broad SMARTS) is 1. The van der Waals surface area contributed by atoms with E-state index in [1.165, 1.54) is 29.5 Å². The van der Waals surface area contributed by atoms with E-state index in [9.17, 15) is 14.7 Å². The van der Waals surface area contributed by atoms with Crippen molar-refractivity contribution in [2.45, 2.75) is 6.92 Å². The van der Waals surface area contributed by atoms with E-state index in [1.807, 2.05) is 6.92 Å². The van der Waals surface area contributed by atoms with E-state index in [4.69, 9.17) is 5.11 Å². The van der Waals surface area contributed by atoms with Gasteiger partial charge >= 0.3 is 5.97 Å². The van der Waals surface area contributed by atoms with Crippen LogP contribution in [0.3, 0.4) is 0 Å². The van der Waals surface area contributed by atoms with Crippen molar-refractivity contribution in [1.29, 1.82) is 0 Å². The lowest BCUT2D eigenvalue weighted by Gasteiger charge is -2.08. The molecule has 3 N–H and O–H groups in total. The molecule has 0 saturated heterocycles. The fraction of sp³-hybridized carbons (Fsp3) is 0.0769. The van der Waals surface area contributed by atoms with Gasteiger partial charge in [0.15, 0.2) is 5.75 Å². The molecule has 7 heteroatoms. The number of carbonyl (C=O) groups is 2. The Morgan fingerprint density at radius 3 is 2.60 bits per heavy atom. The van der Waals surface area contributed by atoms with Crippen LogP contribution in [0.1, 0.15) is 25.6 Å². The van der Waals surface area contributed by atoms with Crippen LogP contribution in [0.15, 0.2) is 28.1 Å². The number of aromatic hydroxyl groups is 1. The molecule has 20 heavy (non-hydrogen) atoms. The maximum absolute atomic E-state index is 12.0. The topological polar surface area (TPSA) is 86.6 Å². The third kappa shape index (κ3) is 2.83. The highest BCUT2D eigenvalue weighted by Gasteiger charge is 2.17. The maximum atomic E-state index is 12.0. The molecule has 0 atom stereocenters. The normalized spacial score (nSPS) is 10.3. The number of carboxylic acids is 1. The number of nitrogens with one attached hydrogen (secondary N) is 1. The number of carbonyl (C=O) groups excluding carboxylic acids is 1. The van der Waals surface area contributed by atoms with E-state index in [2.05, 4.69) is 21.2 Å². The average Bonchev–Trinajstić information content (AvgIpc) is 2.72. The molecule has 1 amide bonds. The third-order valence-corrected chi connectivity index (χ3v) is 4.73. The third-order valence-electron chi connectivity index (χ3n) is 2.60. The number of rotatable bonds is 3. The molecule has 5 nitrogen and oxygen atoms in total. The largest absolute Gasteiger partial charge is 0.505 e. The molecular formula is C13H10BrNO4S. The van der Waals surface area contributed by atoms with Gasteiger partial charge in [0.25, 0.3) is 5.91 Å². The monoisotopic (exact) mass is 355 g/mol. The molecular weight excluding hydrogens is 346 g/mol. The van der Waals surface area contributed by atoms with Crippen molar-refractivity contribution in [2.24, 2.45) is 0 Å². The van der Waals surface area contributed by atoms with Crippen LogP contribution in [0.5, 0.6) is 5.75 Å². The van der Waals surface area contributed by atoms with Crippen LogP contribution >= 0.6 is 27.3 Å². The first-order chi connectivity index (χ1) is 9.40. The summed E-state index contributed by atoms with van der Waals surface area (Å²) in [5.74, 6) is -2.12. The number of thiophene rings is 1. The minimum atomic E-state index is -1.26. The van der Waals surface area contributed by atoms with Crippen LogP contribution in [0, 0.1) is 6.92 Å². The van der Waals surface area contributed by atoms with E-state index in [0.717, 1.165) is 9.35 Å². The zero-order valence-corrected chi connectivity index (χ0v) is 12.7. The summed E-state index contributed by atoms with van der Waals surface area (Å²) in [5, 5.41) is 21.2. The number of amides is 1. The second-order valence-corrected chi connectivity index (χ2v) is 6.40. The first-order valence-corrected chi connectivity index (χ1v) is 7.13. The minimum absolute atomic E-state index is 0.0667. The van der Waals surface area contributed by atoms with Crippen LogP contribution < -0.4 is 5.32 Å². The van der Waals surface area contributed by atoms with E-state index in [-0.39, 0.29) is 11.3 Å². The molecule has 104 valence electrons. The molecule has 0 spiro atoms. The molecule has 0 unspecified atom stereocenters. The molecule has 0 radical (unpaired) electrons. The van der Waals surface area contributed by atoms with Gasteiger partial charge in [-0.25, -0.2) is 4.79 Å². The van der Waals surface area contributed by atoms with Crippen molar-refractivity contribution < 1.29 is 19.8 Å². The summed E-state index contributed by atoms with van der Waals surface area (Å²) in [6, 6.07) is 5.87. The Labute approximate surface area is 127 Å². The lowest BCUT2D eigenvalue weighted by atomic mass is 10.1. The Kier molecular flexibility index (Phi) is 4.10. The van der Waals surface area contributed by atoms with Crippen LogP contribution in [0.4, 0.5) is 5.69 Å². The summed E-state index contributed by atoms with van der Waals surface area (Å²) < 4.78 is 0.853. The van der Waals surface area contributed by atoms with Crippen LogP contribution in [0.2, 0.25) is 0 Å². The fourth-order valence-corrected chi connectivity index (χ4v) is 3.00.